The van der Waals surface area contributed by atoms with Gasteiger partial charge in [-0.05, 0) is 25.8 Å². The van der Waals surface area contributed by atoms with Crippen LogP contribution in [0.25, 0.3) is 0 Å². The van der Waals surface area contributed by atoms with E-state index >= 15 is 0 Å². The number of hydrogen-bond acceptors (Lipinski definition) is 6. The van der Waals surface area contributed by atoms with Gasteiger partial charge in [0.25, 0.3) is 5.91 Å². The summed E-state index contributed by atoms with van der Waals surface area (Å²) in [7, 11) is 0. The van der Waals surface area contributed by atoms with E-state index in [0.29, 0.717) is 57.2 Å². The number of piperidine rings is 1. The number of carbonyl (C=O) groups excluding carboxylic acids is 2. The second-order valence-corrected chi connectivity index (χ2v) is 6.31. The maximum Gasteiger partial charge on any atom is 0.309 e. The molecule has 1 amide bonds. The first kappa shape index (κ1) is 17.7. The Bertz CT molecular complexity index is 590. The summed E-state index contributed by atoms with van der Waals surface area (Å²) in [6.45, 7) is 4.60. The van der Waals surface area contributed by atoms with Crippen LogP contribution in [-0.4, -0.2) is 60.8 Å². The summed E-state index contributed by atoms with van der Waals surface area (Å²) in [6, 6.07) is 3.45. The third kappa shape index (κ3) is 4.48. The van der Waals surface area contributed by atoms with E-state index in [1.54, 1.807) is 30.2 Å². The van der Waals surface area contributed by atoms with Crippen LogP contribution >= 0.6 is 0 Å². The number of amides is 1. The van der Waals surface area contributed by atoms with E-state index in [9.17, 15) is 9.59 Å². The summed E-state index contributed by atoms with van der Waals surface area (Å²) in [5, 5.41) is 0. The van der Waals surface area contributed by atoms with Gasteiger partial charge in [0.2, 0.25) is 5.88 Å². The van der Waals surface area contributed by atoms with Gasteiger partial charge < -0.3 is 19.1 Å². The zero-order valence-electron chi connectivity index (χ0n) is 14.5. The van der Waals surface area contributed by atoms with E-state index in [2.05, 4.69) is 4.98 Å². The van der Waals surface area contributed by atoms with Crippen LogP contribution in [0.15, 0.2) is 18.3 Å². The summed E-state index contributed by atoms with van der Waals surface area (Å²) in [5.41, 5.74) is 0.532. The van der Waals surface area contributed by atoms with Gasteiger partial charge in [0.05, 0.1) is 31.3 Å². The largest absolute Gasteiger partial charge is 0.472 e. The molecule has 2 aliphatic heterocycles. The number of carbonyl (C=O) groups is 2. The van der Waals surface area contributed by atoms with Crippen molar-refractivity contribution in [3.8, 4) is 5.88 Å². The van der Waals surface area contributed by atoms with Crippen molar-refractivity contribution in [3.05, 3.63) is 23.9 Å². The van der Waals surface area contributed by atoms with Crippen molar-refractivity contribution in [1.29, 1.82) is 0 Å². The Morgan fingerprint density at radius 1 is 1.28 bits per heavy atom. The molecule has 0 N–H and O–H groups in total. The lowest BCUT2D eigenvalue weighted by atomic mass is 9.96. The standard InChI is InChI=1S/C18H24N2O5/c1-2-24-18(22)13-5-8-20(9-6-13)17(21)14-3-4-16(19-11-14)25-15-7-10-23-12-15/h3-4,11,13,15H,2,5-10,12H2,1H3. The molecule has 0 bridgehead atoms. The van der Waals surface area contributed by atoms with Gasteiger partial charge >= 0.3 is 5.97 Å². The van der Waals surface area contributed by atoms with Crippen LogP contribution in [0.3, 0.4) is 0 Å². The second-order valence-electron chi connectivity index (χ2n) is 6.31. The van der Waals surface area contributed by atoms with Gasteiger partial charge in [-0.15, -0.1) is 0 Å². The van der Waals surface area contributed by atoms with Crippen LogP contribution in [0, 0.1) is 5.92 Å². The molecule has 0 saturated carbocycles. The quantitative estimate of drug-likeness (QED) is 0.753. The Morgan fingerprint density at radius 2 is 2.08 bits per heavy atom. The van der Waals surface area contributed by atoms with Crippen molar-refractivity contribution in [2.45, 2.75) is 32.3 Å². The fourth-order valence-corrected chi connectivity index (χ4v) is 3.11. The fourth-order valence-electron chi connectivity index (χ4n) is 3.11. The number of ether oxygens (including phenoxy) is 3. The first-order valence-electron chi connectivity index (χ1n) is 8.83. The first-order valence-corrected chi connectivity index (χ1v) is 8.83. The van der Waals surface area contributed by atoms with E-state index in [1.165, 1.54) is 0 Å². The maximum atomic E-state index is 12.6. The molecule has 1 atom stereocenters. The molecule has 0 spiro atoms. The van der Waals surface area contributed by atoms with Gasteiger partial charge in [0.15, 0.2) is 0 Å². The van der Waals surface area contributed by atoms with Gasteiger partial charge in [0.1, 0.15) is 6.10 Å². The highest BCUT2D eigenvalue weighted by Gasteiger charge is 2.28. The molecule has 25 heavy (non-hydrogen) atoms. The van der Waals surface area contributed by atoms with Gasteiger partial charge in [-0.1, -0.05) is 0 Å². The van der Waals surface area contributed by atoms with Crippen molar-refractivity contribution in [3.63, 3.8) is 0 Å². The Labute approximate surface area is 147 Å². The first-order chi connectivity index (χ1) is 12.2. The average molecular weight is 348 g/mol. The SMILES string of the molecule is CCOC(=O)C1CCN(C(=O)c2ccc(OC3CCOC3)nc2)CC1. The molecule has 0 aliphatic carbocycles. The van der Waals surface area contributed by atoms with Crippen molar-refractivity contribution in [2.75, 3.05) is 32.9 Å². The highest BCUT2D eigenvalue weighted by atomic mass is 16.5. The normalized spacial score (nSPS) is 21.2. The molecule has 2 aliphatic rings. The lowest BCUT2D eigenvalue weighted by Crippen LogP contribution is -2.40. The molecule has 1 unspecified atom stereocenters. The van der Waals surface area contributed by atoms with Crippen LogP contribution in [0.2, 0.25) is 0 Å². The molecule has 1 aromatic heterocycles. The number of esters is 1. The monoisotopic (exact) mass is 348 g/mol. The van der Waals surface area contributed by atoms with Crippen molar-refractivity contribution < 1.29 is 23.8 Å². The van der Waals surface area contributed by atoms with Gasteiger partial charge in [-0.3, -0.25) is 9.59 Å². The third-order valence-corrected chi connectivity index (χ3v) is 4.56. The average Bonchev–Trinajstić information content (AvgIpc) is 3.15. The molecule has 2 saturated heterocycles. The zero-order chi connectivity index (χ0) is 17.6. The minimum Gasteiger partial charge on any atom is -0.472 e. The highest BCUT2D eigenvalue weighted by molar-refractivity contribution is 5.94. The van der Waals surface area contributed by atoms with E-state index < -0.39 is 0 Å². The maximum absolute atomic E-state index is 12.6. The van der Waals surface area contributed by atoms with Crippen molar-refractivity contribution in [1.82, 2.24) is 9.88 Å². The third-order valence-electron chi connectivity index (χ3n) is 4.56. The summed E-state index contributed by atoms with van der Waals surface area (Å²) >= 11 is 0. The van der Waals surface area contributed by atoms with E-state index in [4.69, 9.17) is 14.2 Å². The molecular formula is C18H24N2O5. The van der Waals surface area contributed by atoms with Crippen molar-refractivity contribution >= 4 is 11.9 Å². The minimum absolute atomic E-state index is 0.0379. The number of likely N-dealkylation sites (tertiary alicyclic amines) is 1. The predicted octanol–water partition coefficient (Wildman–Crippen LogP) is 1.66. The summed E-state index contributed by atoms with van der Waals surface area (Å²) < 4.78 is 16.0. The molecule has 3 rings (SSSR count). The van der Waals surface area contributed by atoms with Crippen LogP contribution in [0.4, 0.5) is 0 Å². The van der Waals surface area contributed by atoms with Crippen LogP contribution in [0.5, 0.6) is 5.88 Å². The molecular weight excluding hydrogens is 324 g/mol. The summed E-state index contributed by atoms with van der Waals surface area (Å²) in [4.78, 5) is 30.3. The highest BCUT2D eigenvalue weighted by Crippen LogP contribution is 2.21. The number of pyridine rings is 1. The molecule has 7 nitrogen and oxygen atoms in total. The Kier molecular flexibility index (Phi) is 5.86. The molecule has 0 aromatic carbocycles. The molecule has 0 radical (unpaired) electrons. The Balaban J connectivity index is 1.52. The molecule has 1 aromatic rings. The predicted molar refractivity (Wildman–Crippen MR) is 89.3 cm³/mol. The molecule has 7 heteroatoms. The van der Waals surface area contributed by atoms with Gasteiger partial charge in [0, 0.05) is 31.8 Å². The molecule has 3 heterocycles. The number of hydrogen-bond donors (Lipinski definition) is 0. The lowest BCUT2D eigenvalue weighted by molar-refractivity contribution is -0.149. The van der Waals surface area contributed by atoms with Gasteiger partial charge in [-0.25, -0.2) is 4.98 Å². The van der Waals surface area contributed by atoms with Crippen molar-refractivity contribution in [2.24, 2.45) is 5.92 Å². The second kappa shape index (κ2) is 8.29. The Morgan fingerprint density at radius 3 is 2.68 bits per heavy atom. The number of aromatic nitrogens is 1. The summed E-state index contributed by atoms with van der Waals surface area (Å²) in [6.07, 6.45) is 3.72. The number of rotatable bonds is 5. The molecule has 136 valence electrons. The van der Waals surface area contributed by atoms with E-state index in [1.807, 2.05) is 0 Å². The lowest BCUT2D eigenvalue weighted by Gasteiger charge is -2.30. The topological polar surface area (TPSA) is 78.0 Å². The van der Waals surface area contributed by atoms with Crippen LogP contribution < -0.4 is 4.74 Å². The Hall–Kier alpha value is -2.15. The van der Waals surface area contributed by atoms with E-state index in [-0.39, 0.29) is 23.9 Å². The van der Waals surface area contributed by atoms with E-state index in [0.717, 1.165) is 6.42 Å². The van der Waals surface area contributed by atoms with Gasteiger partial charge in [-0.2, -0.15) is 0 Å². The summed E-state index contributed by atoms with van der Waals surface area (Å²) in [5.74, 6) is 0.179. The van der Waals surface area contributed by atoms with Crippen LogP contribution in [0.1, 0.15) is 36.5 Å². The minimum atomic E-state index is -0.159. The number of nitrogens with zero attached hydrogens (tertiary/aromatic N) is 2. The fraction of sp³-hybridized carbons (Fsp3) is 0.611. The smallest absolute Gasteiger partial charge is 0.309 e. The molecule has 2 fully saturated rings. The van der Waals surface area contributed by atoms with Crippen LogP contribution in [-0.2, 0) is 14.3 Å². The zero-order valence-corrected chi connectivity index (χ0v) is 14.5.